The molecule has 0 aliphatic rings. The molecule has 0 fully saturated rings. The first-order valence-electron chi connectivity index (χ1n) is 8.96. The van der Waals surface area contributed by atoms with Crippen LogP contribution in [0.4, 0.5) is 0 Å². The van der Waals surface area contributed by atoms with E-state index < -0.39 is 5.97 Å². The van der Waals surface area contributed by atoms with Crippen LogP contribution in [0.25, 0.3) is 0 Å². The smallest absolute Gasteiger partial charge is 0.342 e. The molecule has 1 aromatic carbocycles. The Labute approximate surface area is 154 Å². The summed E-state index contributed by atoms with van der Waals surface area (Å²) in [5.74, 6) is -0.802. The van der Waals surface area contributed by atoms with Crippen LogP contribution in [0.15, 0.2) is 30.3 Å². The van der Waals surface area contributed by atoms with E-state index in [0.29, 0.717) is 17.8 Å². The molecule has 0 radical (unpaired) electrons. The third-order valence-corrected chi connectivity index (χ3v) is 4.22. The number of aromatic nitrogens is 2. The number of benzene rings is 1. The normalized spacial score (nSPS) is 11.8. The Hall–Kier alpha value is -2.63. The van der Waals surface area contributed by atoms with E-state index in [2.05, 4.69) is 17.3 Å². The number of carbonyl (C=O) groups excluding carboxylic acids is 2. The lowest BCUT2D eigenvalue weighted by atomic mass is 10.2. The molecule has 0 aliphatic heterocycles. The summed E-state index contributed by atoms with van der Waals surface area (Å²) in [7, 11) is 0. The van der Waals surface area contributed by atoms with Crippen LogP contribution in [0.5, 0.6) is 0 Å². The lowest BCUT2D eigenvalue weighted by Crippen LogP contribution is -2.35. The highest BCUT2D eigenvalue weighted by Gasteiger charge is 2.21. The highest BCUT2D eigenvalue weighted by atomic mass is 16.5. The molecule has 2 aromatic rings. The predicted molar refractivity (Wildman–Crippen MR) is 100 cm³/mol. The van der Waals surface area contributed by atoms with E-state index in [1.807, 2.05) is 44.2 Å². The summed E-state index contributed by atoms with van der Waals surface area (Å²) in [4.78, 5) is 24.3. The molecule has 0 aliphatic carbocycles. The van der Waals surface area contributed by atoms with Crippen molar-refractivity contribution in [3.8, 4) is 0 Å². The maximum atomic E-state index is 12.4. The molecule has 1 aromatic heterocycles. The van der Waals surface area contributed by atoms with E-state index in [1.165, 1.54) is 0 Å². The molecule has 6 heteroatoms. The van der Waals surface area contributed by atoms with Gasteiger partial charge in [-0.25, -0.2) is 4.79 Å². The molecule has 0 unspecified atom stereocenters. The zero-order chi connectivity index (χ0) is 19.1. The number of carbonyl (C=O) groups is 2. The number of nitrogens with one attached hydrogen (secondary N) is 1. The van der Waals surface area contributed by atoms with E-state index in [0.717, 1.165) is 24.1 Å². The van der Waals surface area contributed by atoms with Crippen LogP contribution in [0, 0.1) is 13.8 Å². The van der Waals surface area contributed by atoms with Crippen LogP contribution in [-0.2, 0) is 16.1 Å². The van der Waals surface area contributed by atoms with Crippen molar-refractivity contribution in [2.45, 2.75) is 53.1 Å². The van der Waals surface area contributed by atoms with Gasteiger partial charge in [-0.05, 0) is 32.8 Å². The molecule has 0 bridgehead atoms. The molecule has 0 spiro atoms. The van der Waals surface area contributed by atoms with Gasteiger partial charge in [-0.15, -0.1) is 0 Å². The van der Waals surface area contributed by atoms with Crippen LogP contribution in [0.3, 0.4) is 0 Å². The van der Waals surface area contributed by atoms with E-state index in [4.69, 9.17) is 4.74 Å². The molecule has 1 N–H and O–H groups in total. The Morgan fingerprint density at radius 2 is 1.92 bits per heavy atom. The molecule has 26 heavy (non-hydrogen) atoms. The highest BCUT2D eigenvalue weighted by Crippen LogP contribution is 2.16. The molecule has 140 valence electrons. The summed E-state index contributed by atoms with van der Waals surface area (Å²) >= 11 is 0. The van der Waals surface area contributed by atoms with Crippen molar-refractivity contribution in [1.29, 1.82) is 0 Å². The van der Waals surface area contributed by atoms with Gasteiger partial charge in [-0.3, -0.25) is 9.48 Å². The number of aryl methyl sites for hydroxylation is 1. The Kier molecular flexibility index (Phi) is 6.95. The van der Waals surface area contributed by atoms with E-state index in [1.54, 1.807) is 11.6 Å². The lowest BCUT2D eigenvalue weighted by Gasteiger charge is -2.12. The van der Waals surface area contributed by atoms with Crippen LogP contribution >= 0.6 is 0 Å². The summed E-state index contributed by atoms with van der Waals surface area (Å²) < 4.78 is 6.97. The Morgan fingerprint density at radius 1 is 1.23 bits per heavy atom. The van der Waals surface area contributed by atoms with E-state index in [9.17, 15) is 9.59 Å². The van der Waals surface area contributed by atoms with Crippen LogP contribution < -0.4 is 5.32 Å². The van der Waals surface area contributed by atoms with Gasteiger partial charge >= 0.3 is 5.97 Å². The maximum Gasteiger partial charge on any atom is 0.342 e. The third kappa shape index (κ3) is 5.18. The van der Waals surface area contributed by atoms with Gasteiger partial charge in [-0.2, -0.15) is 5.10 Å². The molecule has 1 atom stereocenters. The van der Waals surface area contributed by atoms with Crippen LogP contribution in [0.1, 0.15) is 54.0 Å². The first-order valence-corrected chi connectivity index (χ1v) is 8.96. The maximum absolute atomic E-state index is 12.4. The van der Waals surface area contributed by atoms with Crippen molar-refractivity contribution in [3.05, 3.63) is 52.8 Å². The van der Waals surface area contributed by atoms with Crippen LogP contribution in [-0.4, -0.2) is 34.3 Å². The number of hydrogen-bond donors (Lipinski definition) is 1. The number of ether oxygens (including phenoxy) is 1. The second kappa shape index (κ2) is 9.17. The van der Waals surface area contributed by atoms with E-state index in [-0.39, 0.29) is 18.6 Å². The summed E-state index contributed by atoms with van der Waals surface area (Å²) in [6.07, 6.45) is 1.88. The van der Waals surface area contributed by atoms with Gasteiger partial charge < -0.3 is 10.1 Å². The number of nitrogens with zero attached hydrogens (tertiary/aromatic N) is 2. The first-order chi connectivity index (χ1) is 12.4. The molecule has 1 amide bonds. The topological polar surface area (TPSA) is 73.2 Å². The monoisotopic (exact) mass is 357 g/mol. The zero-order valence-electron chi connectivity index (χ0n) is 15.9. The molecule has 6 nitrogen and oxygen atoms in total. The number of esters is 1. The van der Waals surface area contributed by atoms with Crippen LogP contribution in [0.2, 0.25) is 0 Å². The van der Waals surface area contributed by atoms with Gasteiger partial charge in [-0.1, -0.05) is 43.7 Å². The van der Waals surface area contributed by atoms with Crippen molar-refractivity contribution in [3.63, 3.8) is 0 Å². The Morgan fingerprint density at radius 3 is 2.58 bits per heavy atom. The third-order valence-electron chi connectivity index (χ3n) is 4.22. The van der Waals surface area contributed by atoms with Gasteiger partial charge in [0.25, 0.3) is 5.91 Å². The van der Waals surface area contributed by atoms with Crippen molar-refractivity contribution < 1.29 is 14.3 Å². The fourth-order valence-corrected chi connectivity index (χ4v) is 2.93. The average molecular weight is 357 g/mol. The van der Waals surface area contributed by atoms with Crippen molar-refractivity contribution >= 4 is 11.9 Å². The summed E-state index contributed by atoms with van der Waals surface area (Å²) in [5.41, 5.74) is 2.86. The largest absolute Gasteiger partial charge is 0.452 e. The van der Waals surface area contributed by atoms with Gasteiger partial charge in [0.2, 0.25) is 0 Å². The minimum Gasteiger partial charge on any atom is -0.452 e. The van der Waals surface area contributed by atoms with Gasteiger partial charge in [0.15, 0.2) is 6.61 Å². The van der Waals surface area contributed by atoms with Gasteiger partial charge in [0.1, 0.15) is 5.56 Å². The second-order valence-corrected chi connectivity index (χ2v) is 6.52. The Bertz CT molecular complexity index is 753. The molecular formula is C20H27N3O3. The molecule has 0 saturated carbocycles. The number of rotatable bonds is 8. The quantitative estimate of drug-likeness (QED) is 0.737. The summed E-state index contributed by atoms with van der Waals surface area (Å²) in [6.45, 7) is 7.90. The van der Waals surface area contributed by atoms with Crippen molar-refractivity contribution in [1.82, 2.24) is 15.1 Å². The Balaban J connectivity index is 2.00. The number of hydrogen-bond acceptors (Lipinski definition) is 4. The van der Waals surface area contributed by atoms with Crippen molar-refractivity contribution in [2.24, 2.45) is 0 Å². The molecule has 1 heterocycles. The number of amides is 1. The second-order valence-electron chi connectivity index (χ2n) is 6.52. The molecular weight excluding hydrogens is 330 g/mol. The fraction of sp³-hybridized carbons (Fsp3) is 0.450. The van der Waals surface area contributed by atoms with E-state index >= 15 is 0 Å². The molecule has 2 rings (SSSR count). The van der Waals surface area contributed by atoms with Crippen molar-refractivity contribution in [2.75, 3.05) is 6.61 Å². The lowest BCUT2D eigenvalue weighted by molar-refractivity contribution is -0.124. The van der Waals surface area contributed by atoms with Gasteiger partial charge in [0.05, 0.1) is 17.9 Å². The summed E-state index contributed by atoms with van der Waals surface area (Å²) in [6, 6.07) is 9.98. The minimum absolute atomic E-state index is 0.0725. The highest BCUT2D eigenvalue weighted by molar-refractivity contribution is 5.93. The average Bonchev–Trinajstić information content (AvgIpc) is 2.87. The zero-order valence-corrected chi connectivity index (χ0v) is 15.9. The SMILES string of the molecule is CCC[C@@H](C)NC(=O)COC(=O)c1c(C)nn(Cc2ccccc2)c1C. The minimum atomic E-state index is -0.516. The summed E-state index contributed by atoms with van der Waals surface area (Å²) in [5, 5.41) is 7.26. The van der Waals surface area contributed by atoms with Gasteiger partial charge in [0, 0.05) is 6.04 Å². The fourth-order valence-electron chi connectivity index (χ4n) is 2.93. The first kappa shape index (κ1) is 19.7. The standard InChI is InChI=1S/C20H27N3O3/c1-5-9-14(2)21-18(24)13-26-20(25)19-15(3)22-23(16(19)4)12-17-10-7-6-8-11-17/h6-8,10-11,14H,5,9,12-13H2,1-4H3,(H,21,24)/t14-/m1/s1. The predicted octanol–water partition coefficient (Wildman–Crippen LogP) is 3.01. The molecule has 0 saturated heterocycles.